The highest BCUT2D eigenvalue weighted by Gasteiger charge is 2.43. The Morgan fingerprint density at radius 2 is 2.21 bits per heavy atom. The quantitative estimate of drug-likeness (QED) is 0.627. The highest BCUT2D eigenvalue weighted by atomic mass is 16.6. The predicted molar refractivity (Wildman–Crippen MR) is 70.4 cm³/mol. The van der Waals surface area contributed by atoms with E-state index in [2.05, 4.69) is 5.32 Å². The molecular weight excluding hydrogens is 248 g/mol. The van der Waals surface area contributed by atoms with Gasteiger partial charge in [0.2, 0.25) is 0 Å². The van der Waals surface area contributed by atoms with E-state index in [4.69, 9.17) is 9.47 Å². The molecule has 1 aromatic rings. The van der Waals surface area contributed by atoms with Crippen molar-refractivity contribution >= 4 is 5.69 Å². The first kappa shape index (κ1) is 13.8. The van der Waals surface area contributed by atoms with Crippen LogP contribution in [-0.2, 0) is 4.74 Å². The number of methoxy groups -OCH3 is 1. The fourth-order valence-corrected chi connectivity index (χ4v) is 2.35. The number of likely N-dealkylation sites (N-methyl/N-ethyl adjacent to an activating group) is 1. The summed E-state index contributed by atoms with van der Waals surface area (Å²) in [5, 5.41) is 14.2. The first-order valence-corrected chi connectivity index (χ1v) is 6.33. The van der Waals surface area contributed by atoms with Crippen LogP contribution in [-0.4, -0.2) is 36.8 Å². The Morgan fingerprint density at radius 1 is 1.47 bits per heavy atom. The zero-order chi connectivity index (χ0) is 13.8. The van der Waals surface area contributed by atoms with Gasteiger partial charge in [0, 0.05) is 25.6 Å². The van der Waals surface area contributed by atoms with Crippen molar-refractivity contribution < 1.29 is 14.4 Å². The lowest BCUT2D eigenvalue weighted by Gasteiger charge is -2.43. The van der Waals surface area contributed by atoms with Crippen molar-refractivity contribution in [3.05, 3.63) is 34.4 Å². The third kappa shape index (κ3) is 2.85. The van der Waals surface area contributed by atoms with Crippen molar-refractivity contribution in [3.63, 3.8) is 0 Å². The maximum absolute atomic E-state index is 10.9. The van der Waals surface area contributed by atoms with E-state index in [-0.39, 0.29) is 23.9 Å². The van der Waals surface area contributed by atoms with E-state index in [1.54, 1.807) is 25.3 Å². The molecule has 0 radical (unpaired) electrons. The summed E-state index contributed by atoms with van der Waals surface area (Å²) in [4.78, 5) is 10.5. The van der Waals surface area contributed by atoms with Gasteiger partial charge in [-0.1, -0.05) is 19.1 Å². The maximum atomic E-state index is 10.9. The Hall–Kier alpha value is -1.66. The summed E-state index contributed by atoms with van der Waals surface area (Å²) in [5.74, 6) is 0.300. The van der Waals surface area contributed by atoms with Gasteiger partial charge in [-0.2, -0.15) is 0 Å². The van der Waals surface area contributed by atoms with Gasteiger partial charge in [-0.05, 0) is 12.6 Å². The van der Waals surface area contributed by atoms with Gasteiger partial charge in [-0.3, -0.25) is 10.1 Å². The Bertz CT molecular complexity index is 452. The second-order valence-electron chi connectivity index (χ2n) is 4.48. The Morgan fingerprint density at radius 3 is 2.84 bits per heavy atom. The molecule has 6 heteroatoms. The lowest BCUT2D eigenvalue weighted by Crippen LogP contribution is -2.60. The normalized spacial score (nSPS) is 25.7. The number of rotatable bonds is 6. The number of nitro groups is 1. The van der Waals surface area contributed by atoms with Crippen LogP contribution in [0.1, 0.15) is 13.3 Å². The highest BCUT2D eigenvalue weighted by Crippen LogP contribution is 2.33. The molecule has 0 spiro atoms. The molecule has 1 fully saturated rings. The molecule has 1 N–H and O–H groups in total. The average Bonchev–Trinajstić information content (AvgIpc) is 2.38. The van der Waals surface area contributed by atoms with Crippen molar-refractivity contribution in [3.8, 4) is 5.75 Å². The molecule has 3 atom stereocenters. The lowest BCUT2D eigenvalue weighted by atomic mass is 9.85. The molecule has 19 heavy (non-hydrogen) atoms. The summed E-state index contributed by atoms with van der Waals surface area (Å²) >= 11 is 0. The highest BCUT2D eigenvalue weighted by molar-refractivity contribution is 5.46. The van der Waals surface area contributed by atoms with Crippen LogP contribution in [0, 0.1) is 10.1 Å². The van der Waals surface area contributed by atoms with Crippen LogP contribution in [0.2, 0.25) is 0 Å². The van der Waals surface area contributed by atoms with Crippen molar-refractivity contribution in [1.29, 1.82) is 0 Å². The van der Waals surface area contributed by atoms with Gasteiger partial charge < -0.3 is 14.8 Å². The third-order valence-corrected chi connectivity index (χ3v) is 3.33. The van der Waals surface area contributed by atoms with Gasteiger partial charge in [-0.15, -0.1) is 0 Å². The molecule has 6 nitrogen and oxygen atoms in total. The second-order valence-corrected chi connectivity index (χ2v) is 4.48. The molecule has 2 rings (SSSR count). The van der Waals surface area contributed by atoms with Gasteiger partial charge in [-0.25, -0.2) is 0 Å². The summed E-state index contributed by atoms with van der Waals surface area (Å²) in [6.45, 7) is 2.89. The first-order chi connectivity index (χ1) is 9.17. The van der Waals surface area contributed by atoms with E-state index in [9.17, 15) is 10.1 Å². The number of benzene rings is 1. The van der Waals surface area contributed by atoms with E-state index < -0.39 is 4.92 Å². The van der Waals surface area contributed by atoms with Gasteiger partial charge >= 0.3 is 5.69 Å². The lowest BCUT2D eigenvalue weighted by molar-refractivity contribution is -0.386. The van der Waals surface area contributed by atoms with E-state index in [0.29, 0.717) is 5.75 Å². The molecule has 1 aliphatic carbocycles. The molecule has 1 saturated carbocycles. The van der Waals surface area contributed by atoms with Crippen LogP contribution in [0.5, 0.6) is 5.75 Å². The van der Waals surface area contributed by atoms with Gasteiger partial charge in [0.05, 0.1) is 4.92 Å². The number of hydrogen-bond acceptors (Lipinski definition) is 5. The van der Waals surface area contributed by atoms with Crippen LogP contribution >= 0.6 is 0 Å². The largest absolute Gasteiger partial charge is 0.481 e. The number of nitro benzene ring substituents is 1. The second kappa shape index (κ2) is 5.99. The molecule has 0 bridgehead atoms. The number of ether oxygens (including phenoxy) is 2. The van der Waals surface area contributed by atoms with E-state index >= 15 is 0 Å². The van der Waals surface area contributed by atoms with E-state index in [0.717, 1.165) is 13.0 Å². The minimum absolute atomic E-state index is 0.00995. The monoisotopic (exact) mass is 266 g/mol. The number of para-hydroxylation sites is 2. The predicted octanol–water partition coefficient (Wildman–Crippen LogP) is 1.74. The van der Waals surface area contributed by atoms with Crippen LogP contribution in [0.4, 0.5) is 5.69 Å². The molecule has 3 unspecified atom stereocenters. The Labute approximate surface area is 111 Å². The summed E-state index contributed by atoms with van der Waals surface area (Å²) in [7, 11) is 1.63. The van der Waals surface area contributed by atoms with Crippen LogP contribution < -0.4 is 10.1 Å². The van der Waals surface area contributed by atoms with Crippen molar-refractivity contribution in [2.45, 2.75) is 31.6 Å². The Kier molecular flexibility index (Phi) is 4.34. The van der Waals surface area contributed by atoms with Crippen molar-refractivity contribution in [1.82, 2.24) is 5.32 Å². The summed E-state index contributed by atoms with van der Waals surface area (Å²) in [5.41, 5.74) is -0.00995. The van der Waals surface area contributed by atoms with Crippen molar-refractivity contribution in [2.75, 3.05) is 13.7 Å². The summed E-state index contributed by atoms with van der Waals surface area (Å²) in [6, 6.07) is 6.66. The average molecular weight is 266 g/mol. The fraction of sp³-hybridized carbons (Fsp3) is 0.538. The molecule has 104 valence electrons. The number of nitrogens with zero attached hydrogens (tertiary/aromatic N) is 1. The van der Waals surface area contributed by atoms with Gasteiger partial charge in [0.25, 0.3) is 0 Å². The summed E-state index contributed by atoms with van der Waals surface area (Å²) in [6.07, 6.45) is 0.577. The fourth-order valence-electron chi connectivity index (χ4n) is 2.35. The summed E-state index contributed by atoms with van der Waals surface area (Å²) < 4.78 is 11.1. The Balaban J connectivity index is 2.04. The van der Waals surface area contributed by atoms with E-state index in [1.807, 2.05) is 6.92 Å². The topological polar surface area (TPSA) is 73.6 Å². The molecule has 0 amide bonds. The molecule has 1 aromatic carbocycles. The van der Waals surface area contributed by atoms with Crippen LogP contribution in [0.15, 0.2) is 24.3 Å². The minimum atomic E-state index is -0.433. The van der Waals surface area contributed by atoms with Gasteiger partial charge in [0.15, 0.2) is 5.75 Å². The third-order valence-electron chi connectivity index (χ3n) is 3.33. The molecule has 1 aliphatic rings. The first-order valence-electron chi connectivity index (χ1n) is 6.33. The SMILES string of the molecule is CCNC1CC(Oc2ccccc2[N+](=O)[O-])C1OC. The molecule has 0 aliphatic heterocycles. The van der Waals surface area contributed by atoms with Crippen LogP contribution in [0.25, 0.3) is 0 Å². The van der Waals surface area contributed by atoms with Crippen LogP contribution in [0.3, 0.4) is 0 Å². The van der Waals surface area contributed by atoms with Crippen molar-refractivity contribution in [2.24, 2.45) is 0 Å². The maximum Gasteiger partial charge on any atom is 0.310 e. The van der Waals surface area contributed by atoms with Gasteiger partial charge in [0.1, 0.15) is 12.2 Å². The minimum Gasteiger partial charge on any atom is -0.481 e. The van der Waals surface area contributed by atoms with E-state index in [1.165, 1.54) is 6.07 Å². The zero-order valence-corrected chi connectivity index (χ0v) is 11.0. The molecule has 0 saturated heterocycles. The molecular formula is C13H18N2O4. The zero-order valence-electron chi connectivity index (χ0n) is 11.0. The number of hydrogen-bond donors (Lipinski definition) is 1. The smallest absolute Gasteiger partial charge is 0.310 e. The molecule has 0 aromatic heterocycles. The standard InChI is InChI=1S/C13H18N2O4/c1-3-14-9-8-12(13(9)18-2)19-11-7-5-4-6-10(11)15(16)17/h4-7,9,12-14H,3,8H2,1-2H3. The number of nitrogens with one attached hydrogen (secondary N) is 1. The molecule has 0 heterocycles.